The predicted molar refractivity (Wildman–Crippen MR) is 114 cm³/mol. The largest absolute Gasteiger partial charge is 0.493 e. The lowest BCUT2D eigenvalue weighted by atomic mass is 9.84. The van der Waals surface area contributed by atoms with Crippen molar-refractivity contribution in [3.05, 3.63) is 18.2 Å². The van der Waals surface area contributed by atoms with Gasteiger partial charge in [0.15, 0.2) is 0 Å². The standard InChI is InChI=1S/C24H36O6/c1-4-22(10-25-11-22)16-28-19-7-20(29-17-23(5-2)12-26-13-23)9-21(8-19)30-18-24(6-3)14-27-15-24/h7-9H,4-6,10-18H2,1-3H3. The molecule has 3 aliphatic rings. The molecule has 0 atom stereocenters. The van der Waals surface area contributed by atoms with Gasteiger partial charge in [0, 0.05) is 18.2 Å². The fraction of sp³-hybridized carbons (Fsp3) is 0.750. The molecule has 0 aromatic heterocycles. The van der Waals surface area contributed by atoms with Crippen LogP contribution < -0.4 is 14.2 Å². The average molecular weight is 421 g/mol. The van der Waals surface area contributed by atoms with Crippen LogP contribution in [0, 0.1) is 16.2 Å². The van der Waals surface area contributed by atoms with Crippen molar-refractivity contribution in [1.82, 2.24) is 0 Å². The monoisotopic (exact) mass is 420 g/mol. The van der Waals surface area contributed by atoms with E-state index in [-0.39, 0.29) is 16.2 Å². The van der Waals surface area contributed by atoms with Gasteiger partial charge in [0.2, 0.25) is 0 Å². The van der Waals surface area contributed by atoms with Crippen LogP contribution in [0.15, 0.2) is 18.2 Å². The van der Waals surface area contributed by atoms with Crippen molar-refractivity contribution < 1.29 is 28.4 Å². The van der Waals surface area contributed by atoms with E-state index in [9.17, 15) is 0 Å². The van der Waals surface area contributed by atoms with Crippen LogP contribution in [0.2, 0.25) is 0 Å². The van der Waals surface area contributed by atoms with Crippen LogP contribution in [0.5, 0.6) is 17.2 Å². The lowest BCUT2D eigenvalue weighted by molar-refractivity contribution is -0.135. The molecule has 0 amide bonds. The average Bonchev–Trinajstić information content (AvgIpc) is 2.66. The Labute approximate surface area is 180 Å². The SMILES string of the molecule is CCC1(COc2cc(OCC3(CC)COC3)cc(OCC3(CC)COC3)c2)COC1. The molecule has 6 nitrogen and oxygen atoms in total. The summed E-state index contributed by atoms with van der Waals surface area (Å²) >= 11 is 0. The second-order valence-electron chi connectivity index (χ2n) is 9.55. The molecule has 3 fully saturated rings. The van der Waals surface area contributed by atoms with Crippen LogP contribution in [-0.4, -0.2) is 59.5 Å². The van der Waals surface area contributed by atoms with E-state index in [1.807, 2.05) is 18.2 Å². The third-order valence-electron chi connectivity index (χ3n) is 7.19. The Kier molecular flexibility index (Phi) is 6.47. The Balaban J connectivity index is 1.44. The zero-order valence-corrected chi connectivity index (χ0v) is 18.7. The highest BCUT2D eigenvalue weighted by atomic mass is 16.5. The summed E-state index contributed by atoms with van der Waals surface area (Å²) in [7, 11) is 0. The van der Waals surface area contributed by atoms with E-state index < -0.39 is 0 Å². The molecule has 1 aromatic rings. The van der Waals surface area contributed by atoms with E-state index in [0.29, 0.717) is 19.8 Å². The van der Waals surface area contributed by atoms with Crippen molar-refractivity contribution in [2.45, 2.75) is 40.0 Å². The normalized spacial score (nSPS) is 22.9. The Hall–Kier alpha value is -1.50. The summed E-state index contributed by atoms with van der Waals surface area (Å²) in [5.74, 6) is 2.36. The minimum Gasteiger partial charge on any atom is -0.493 e. The molecule has 4 rings (SSSR count). The fourth-order valence-corrected chi connectivity index (χ4v) is 3.85. The maximum absolute atomic E-state index is 6.19. The molecule has 0 saturated carbocycles. The van der Waals surface area contributed by atoms with Gasteiger partial charge in [-0.2, -0.15) is 0 Å². The lowest BCUT2D eigenvalue weighted by Crippen LogP contribution is -2.47. The van der Waals surface area contributed by atoms with Crippen LogP contribution >= 0.6 is 0 Å². The molecule has 0 aliphatic carbocycles. The van der Waals surface area contributed by atoms with Crippen molar-refractivity contribution in [2.24, 2.45) is 16.2 Å². The van der Waals surface area contributed by atoms with Crippen molar-refractivity contribution >= 4 is 0 Å². The third-order valence-corrected chi connectivity index (χ3v) is 7.19. The predicted octanol–water partition coefficient (Wildman–Crippen LogP) is 4.10. The number of benzene rings is 1. The minimum absolute atomic E-state index is 0.128. The second kappa shape index (κ2) is 8.93. The molecule has 3 aliphatic heterocycles. The van der Waals surface area contributed by atoms with Crippen LogP contribution in [0.25, 0.3) is 0 Å². The summed E-state index contributed by atoms with van der Waals surface area (Å²) in [6.45, 7) is 13.1. The van der Waals surface area contributed by atoms with E-state index in [2.05, 4.69) is 20.8 Å². The molecular formula is C24H36O6. The molecule has 0 N–H and O–H groups in total. The lowest BCUT2D eigenvalue weighted by Gasteiger charge is -2.41. The Morgan fingerprint density at radius 2 is 0.833 bits per heavy atom. The van der Waals surface area contributed by atoms with Gasteiger partial charge in [-0.25, -0.2) is 0 Å². The fourth-order valence-electron chi connectivity index (χ4n) is 3.85. The van der Waals surface area contributed by atoms with Crippen LogP contribution in [-0.2, 0) is 14.2 Å². The van der Waals surface area contributed by atoms with E-state index in [0.717, 1.165) is 76.2 Å². The second-order valence-corrected chi connectivity index (χ2v) is 9.55. The van der Waals surface area contributed by atoms with Gasteiger partial charge in [0.1, 0.15) is 17.2 Å². The van der Waals surface area contributed by atoms with Gasteiger partial charge in [-0.3, -0.25) is 0 Å². The molecule has 6 heteroatoms. The first-order chi connectivity index (χ1) is 14.5. The highest BCUT2D eigenvalue weighted by Crippen LogP contribution is 2.37. The van der Waals surface area contributed by atoms with Gasteiger partial charge in [-0.05, 0) is 19.3 Å². The molecule has 0 spiro atoms. The zero-order chi connectivity index (χ0) is 21.1. The Morgan fingerprint density at radius 1 is 0.567 bits per heavy atom. The third kappa shape index (κ3) is 4.56. The number of ether oxygens (including phenoxy) is 6. The van der Waals surface area contributed by atoms with Crippen molar-refractivity contribution in [1.29, 1.82) is 0 Å². The molecular weight excluding hydrogens is 384 g/mol. The van der Waals surface area contributed by atoms with Gasteiger partial charge < -0.3 is 28.4 Å². The van der Waals surface area contributed by atoms with Crippen molar-refractivity contribution in [3.63, 3.8) is 0 Å². The molecule has 3 saturated heterocycles. The first-order valence-electron chi connectivity index (χ1n) is 11.3. The summed E-state index contributed by atoms with van der Waals surface area (Å²) in [6.07, 6.45) is 3.14. The van der Waals surface area contributed by atoms with Crippen LogP contribution in [0.3, 0.4) is 0 Å². The van der Waals surface area contributed by atoms with E-state index in [1.54, 1.807) is 0 Å². The van der Waals surface area contributed by atoms with Gasteiger partial charge >= 0.3 is 0 Å². The summed E-state index contributed by atoms with van der Waals surface area (Å²) in [5.41, 5.74) is 0.384. The van der Waals surface area contributed by atoms with Crippen molar-refractivity contribution in [3.8, 4) is 17.2 Å². The van der Waals surface area contributed by atoms with Gasteiger partial charge in [0.05, 0.1) is 75.7 Å². The first-order valence-corrected chi connectivity index (χ1v) is 11.3. The Morgan fingerprint density at radius 3 is 1.00 bits per heavy atom. The summed E-state index contributed by atoms with van der Waals surface area (Å²) in [5, 5.41) is 0. The number of rotatable bonds is 12. The van der Waals surface area contributed by atoms with Gasteiger partial charge in [0.25, 0.3) is 0 Å². The molecule has 168 valence electrons. The maximum atomic E-state index is 6.19. The highest BCUT2D eigenvalue weighted by Gasteiger charge is 2.39. The number of hydrogen-bond acceptors (Lipinski definition) is 6. The zero-order valence-electron chi connectivity index (χ0n) is 18.7. The topological polar surface area (TPSA) is 55.4 Å². The molecule has 30 heavy (non-hydrogen) atoms. The Bertz CT molecular complexity index is 582. The molecule has 0 radical (unpaired) electrons. The van der Waals surface area contributed by atoms with Crippen LogP contribution in [0.4, 0.5) is 0 Å². The minimum atomic E-state index is 0.128. The van der Waals surface area contributed by atoms with E-state index >= 15 is 0 Å². The smallest absolute Gasteiger partial charge is 0.126 e. The van der Waals surface area contributed by atoms with E-state index in [1.165, 1.54) is 0 Å². The first kappa shape index (κ1) is 21.7. The summed E-state index contributed by atoms with van der Waals surface area (Å²) in [4.78, 5) is 0. The summed E-state index contributed by atoms with van der Waals surface area (Å²) in [6, 6.07) is 5.92. The van der Waals surface area contributed by atoms with Gasteiger partial charge in [-0.1, -0.05) is 20.8 Å². The van der Waals surface area contributed by atoms with E-state index in [4.69, 9.17) is 28.4 Å². The summed E-state index contributed by atoms with van der Waals surface area (Å²) < 4.78 is 34.9. The van der Waals surface area contributed by atoms with Crippen molar-refractivity contribution in [2.75, 3.05) is 59.5 Å². The van der Waals surface area contributed by atoms with Crippen LogP contribution in [0.1, 0.15) is 40.0 Å². The quantitative estimate of drug-likeness (QED) is 0.507. The molecule has 0 bridgehead atoms. The number of hydrogen-bond donors (Lipinski definition) is 0. The molecule has 0 unspecified atom stereocenters. The molecule has 3 heterocycles. The van der Waals surface area contributed by atoms with Gasteiger partial charge in [-0.15, -0.1) is 0 Å². The maximum Gasteiger partial charge on any atom is 0.126 e. The molecule has 1 aromatic carbocycles. The highest BCUT2D eigenvalue weighted by molar-refractivity contribution is 5.42.